The lowest BCUT2D eigenvalue weighted by Gasteiger charge is -2.26. The maximum absolute atomic E-state index is 12.6. The molecule has 0 spiro atoms. The van der Waals surface area contributed by atoms with E-state index in [0.29, 0.717) is 6.54 Å². The Labute approximate surface area is 114 Å². The molecule has 2 rings (SSSR count). The number of benzene rings is 1. The molecule has 4 heteroatoms. The summed E-state index contributed by atoms with van der Waals surface area (Å²) in [6.07, 6.45) is 1.18. The first-order valence-corrected chi connectivity index (χ1v) is 6.58. The molecule has 19 heavy (non-hydrogen) atoms. The van der Waals surface area contributed by atoms with Gasteiger partial charge in [0.05, 0.1) is 12.5 Å². The zero-order valence-corrected chi connectivity index (χ0v) is 11.5. The van der Waals surface area contributed by atoms with Crippen LogP contribution in [0.15, 0.2) is 24.3 Å². The van der Waals surface area contributed by atoms with Gasteiger partial charge in [0.2, 0.25) is 5.91 Å². The molecule has 1 atom stereocenters. The third-order valence-corrected chi connectivity index (χ3v) is 3.61. The molecule has 1 fully saturated rings. The van der Waals surface area contributed by atoms with E-state index >= 15 is 0 Å². The van der Waals surface area contributed by atoms with Crippen LogP contribution in [-0.4, -0.2) is 37.0 Å². The van der Waals surface area contributed by atoms with Gasteiger partial charge >= 0.3 is 0 Å². The highest BCUT2D eigenvalue weighted by atomic mass is 16.2. The predicted octanol–water partition coefficient (Wildman–Crippen LogP) is 1.95. The van der Waals surface area contributed by atoms with Crippen LogP contribution < -0.4 is 4.90 Å². The van der Waals surface area contributed by atoms with Crippen molar-refractivity contribution >= 4 is 11.6 Å². The number of carbonyl (C=O) groups excluding carboxylic acids is 1. The van der Waals surface area contributed by atoms with E-state index in [9.17, 15) is 4.79 Å². The summed E-state index contributed by atoms with van der Waals surface area (Å²) < 4.78 is 0. The lowest BCUT2D eigenvalue weighted by atomic mass is 10.1. The fraction of sp³-hybridized carbons (Fsp3) is 0.467. The van der Waals surface area contributed by atoms with Gasteiger partial charge in [-0.15, -0.1) is 0 Å². The third-order valence-electron chi connectivity index (χ3n) is 3.61. The number of aryl methyl sites for hydroxylation is 1. The molecule has 1 amide bonds. The van der Waals surface area contributed by atoms with Gasteiger partial charge in [-0.1, -0.05) is 17.7 Å². The topological polar surface area (TPSA) is 47.3 Å². The first kappa shape index (κ1) is 13.6. The summed E-state index contributed by atoms with van der Waals surface area (Å²) in [6.45, 7) is 3.59. The number of nitrogens with zero attached hydrogens (tertiary/aromatic N) is 3. The zero-order valence-electron chi connectivity index (χ0n) is 11.5. The average molecular weight is 257 g/mol. The highest BCUT2D eigenvalue weighted by molar-refractivity contribution is 5.97. The van der Waals surface area contributed by atoms with Crippen LogP contribution >= 0.6 is 0 Å². The summed E-state index contributed by atoms with van der Waals surface area (Å²) >= 11 is 0. The number of anilines is 1. The Morgan fingerprint density at radius 1 is 1.32 bits per heavy atom. The molecule has 1 unspecified atom stereocenters. The van der Waals surface area contributed by atoms with E-state index in [1.807, 2.05) is 48.0 Å². The molecule has 0 bridgehead atoms. The Morgan fingerprint density at radius 2 is 2.00 bits per heavy atom. The van der Waals surface area contributed by atoms with E-state index in [2.05, 4.69) is 6.07 Å². The minimum Gasteiger partial charge on any atom is -0.311 e. The van der Waals surface area contributed by atoms with Crippen LogP contribution in [0.2, 0.25) is 0 Å². The molecule has 0 aromatic heterocycles. The van der Waals surface area contributed by atoms with E-state index in [1.54, 1.807) is 0 Å². The second kappa shape index (κ2) is 5.85. The second-order valence-corrected chi connectivity index (χ2v) is 5.04. The molecule has 0 N–H and O–H groups in total. The Balaban J connectivity index is 2.27. The highest BCUT2D eigenvalue weighted by Gasteiger charge is 2.31. The standard InChI is InChI=1S/C15H19N3O/c1-12-4-6-13(7-5-12)18-11-3-10-17(2)14(8-9-16)15(18)19/h4-7,14H,3,8,10-11H2,1-2H3. The SMILES string of the molecule is Cc1ccc(N2CCCN(C)C(CC#N)C2=O)cc1. The summed E-state index contributed by atoms with van der Waals surface area (Å²) in [7, 11) is 1.92. The molecule has 1 aliphatic heterocycles. The maximum Gasteiger partial charge on any atom is 0.245 e. The second-order valence-electron chi connectivity index (χ2n) is 5.04. The molecular weight excluding hydrogens is 238 g/mol. The van der Waals surface area contributed by atoms with Gasteiger partial charge in [0.15, 0.2) is 0 Å². The van der Waals surface area contributed by atoms with Crippen molar-refractivity contribution in [2.24, 2.45) is 0 Å². The van der Waals surface area contributed by atoms with Crippen molar-refractivity contribution < 1.29 is 4.79 Å². The van der Waals surface area contributed by atoms with E-state index in [0.717, 1.165) is 18.7 Å². The monoisotopic (exact) mass is 257 g/mol. The first-order chi connectivity index (χ1) is 9.13. The van der Waals surface area contributed by atoms with Crippen molar-refractivity contribution in [2.45, 2.75) is 25.8 Å². The van der Waals surface area contributed by atoms with Gasteiger partial charge in [-0.2, -0.15) is 5.26 Å². The van der Waals surface area contributed by atoms with Gasteiger partial charge in [0, 0.05) is 18.8 Å². The highest BCUT2D eigenvalue weighted by Crippen LogP contribution is 2.21. The molecule has 4 nitrogen and oxygen atoms in total. The molecule has 0 radical (unpaired) electrons. The number of hydrogen-bond acceptors (Lipinski definition) is 3. The summed E-state index contributed by atoms with van der Waals surface area (Å²) in [5.41, 5.74) is 2.10. The van der Waals surface area contributed by atoms with Crippen LogP contribution in [0, 0.1) is 18.3 Å². The van der Waals surface area contributed by atoms with Gasteiger partial charge in [0.1, 0.15) is 6.04 Å². The van der Waals surface area contributed by atoms with Crippen molar-refractivity contribution in [3.8, 4) is 6.07 Å². The number of nitriles is 1. The van der Waals surface area contributed by atoms with Crippen molar-refractivity contribution in [1.82, 2.24) is 4.90 Å². The van der Waals surface area contributed by atoms with Crippen LogP contribution in [0.3, 0.4) is 0 Å². The minimum absolute atomic E-state index is 0.0328. The Hall–Kier alpha value is -1.86. The van der Waals surface area contributed by atoms with Gasteiger partial charge in [-0.3, -0.25) is 9.69 Å². The molecule has 1 aliphatic rings. The van der Waals surface area contributed by atoms with Gasteiger partial charge in [-0.25, -0.2) is 0 Å². The number of likely N-dealkylation sites (N-methyl/N-ethyl adjacent to an activating group) is 1. The molecule has 1 heterocycles. The van der Waals surface area contributed by atoms with Crippen molar-refractivity contribution in [1.29, 1.82) is 5.26 Å². The first-order valence-electron chi connectivity index (χ1n) is 6.58. The Kier molecular flexibility index (Phi) is 4.18. The van der Waals surface area contributed by atoms with Crippen molar-refractivity contribution in [3.05, 3.63) is 29.8 Å². The van der Waals surface area contributed by atoms with Gasteiger partial charge in [0.25, 0.3) is 0 Å². The summed E-state index contributed by atoms with van der Waals surface area (Å²) in [5, 5.41) is 8.89. The number of rotatable bonds is 2. The largest absolute Gasteiger partial charge is 0.311 e. The summed E-state index contributed by atoms with van der Waals surface area (Å²) in [6, 6.07) is 9.76. The minimum atomic E-state index is -0.325. The number of amides is 1. The van der Waals surface area contributed by atoms with E-state index < -0.39 is 0 Å². The van der Waals surface area contributed by atoms with Gasteiger partial charge in [-0.05, 0) is 32.5 Å². The van der Waals surface area contributed by atoms with Crippen molar-refractivity contribution in [2.75, 3.05) is 25.0 Å². The van der Waals surface area contributed by atoms with E-state index in [-0.39, 0.29) is 18.4 Å². The quantitative estimate of drug-likeness (QED) is 0.813. The number of hydrogen-bond donors (Lipinski definition) is 0. The molecule has 1 aromatic carbocycles. The van der Waals surface area contributed by atoms with E-state index in [4.69, 9.17) is 5.26 Å². The normalized spacial score (nSPS) is 21.0. The molecular formula is C15H19N3O. The molecule has 0 aliphatic carbocycles. The fourth-order valence-electron chi connectivity index (χ4n) is 2.42. The van der Waals surface area contributed by atoms with Crippen molar-refractivity contribution in [3.63, 3.8) is 0 Å². The lowest BCUT2D eigenvalue weighted by Crippen LogP contribution is -2.44. The lowest BCUT2D eigenvalue weighted by molar-refractivity contribution is -0.122. The summed E-state index contributed by atoms with van der Waals surface area (Å²) in [4.78, 5) is 16.4. The fourth-order valence-corrected chi connectivity index (χ4v) is 2.42. The summed E-state index contributed by atoms with van der Waals surface area (Å²) in [5.74, 6) is 0.0328. The molecule has 1 aromatic rings. The van der Waals surface area contributed by atoms with Crippen LogP contribution in [-0.2, 0) is 4.79 Å². The maximum atomic E-state index is 12.6. The Bertz CT molecular complexity index is 489. The molecule has 1 saturated heterocycles. The van der Waals surface area contributed by atoms with Crippen LogP contribution in [0.1, 0.15) is 18.4 Å². The smallest absolute Gasteiger partial charge is 0.245 e. The van der Waals surface area contributed by atoms with Crippen LogP contribution in [0.4, 0.5) is 5.69 Å². The zero-order chi connectivity index (χ0) is 13.8. The van der Waals surface area contributed by atoms with Crippen LogP contribution in [0.5, 0.6) is 0 Å². The average Bonchev–Trinajstić information content (AvgIpc) is 2.53. The molecule has 0 saturated carbocycles. The van der Waals surface area contributed by atoms with Crippen LogP contribution in [0.25, 0.3) is 0 Å². The van der Waals surface area contributed by atoms with Gasteiger partial charge < -0.3 is 4.90 Å². The molecule has 100 valence electrons. The predicted molar refractivity (Wildman–Crippen MR) is 74.8 cm³/mol. The number of carbonyl (C=O) groups is 1. The van der Waals surface area contributed by atoms with E-state index in [1.165, 1.54) is 5.56 Å². The Morgan fingerprint density at radius 3 is 2.63 bits per heavy atom. The third kappa shape index (κ3) is 2.94.